The topological polar surface area (TPSA) is 73.8 Å². The van der Waals surface area contributed by atoms with Crippen molar-refractivity contribution in [2.45, 2.75) is 19.0 Å². The summed E-state index contributed by atoms with van der Waals surface area (Å²) in [4.78, 5) is 4.13. The summed E-state index contributed by atoms with van der Waals surface area (Å²) in [6.07, 6.45) is 10.6. The zero-order valence-electron chi connectivity index (χ0n) is 11.2. The number of nitrogens with zero attached hydrogens (tertiary/aromatic N) is 2. The van der Waals surface area contributed by atoms with Crippen LogP contribution in [0.5, 0.6) is 0 Å². The molecule has 2 atom stereocenters. The van der Waals surface area contributed by atoms with E-state index in [0.717, 1.165) is 29.8 Å². The van der Waals surface area contributed by atoms with E-state index in [1.54, 1.807) is 6.20 Å². The van der Waals surface area contributed by atoms with E-state index in [4.69, 9.17) is 5.11 Å². The van der Waals surface area contributed by atoms with Gasteiger partial charge in [-0.1, -0.05) is 12.2 Å². The van der Waals surface area contributed by atoms with E-state index in [9.17, 15) is 0 Å². The molecule has 0 aliphatic heterocycles. The third kappa shape index (κ3) is 2.79. The van der Waals surface area contributed by atoms with Gasteiger partial charge in [-0.25, -0.2) is 0 Å². The number of hydrogen-bond acceptors (Lipinski definition) is 4. The van der Waals surface area contributed by atoms with Crippen LogP contribution in [0.3, 0.4) is 0 Å². The summed E-state index contributed by atoms with van der Waals surface area (Å²) in [5.41, 5.74) is 3.17. The Balaban J connectivity index is 1.65. The Morgan fingerprint density at radius 2 is 2.30 bits per heavy atom. The largest absolute Gasteiger partial charge is 0.396 e. The molecule has 5 heteroatoms. The Hall–Kier alpha value is -1.98. The van der Waals surface area contributed by atoms with Gasteiger partial charge in [-0.05, 0) is 18.6 Å². The minimum atomic E-state index is 0.224. The summed E-state index contributed by atoms with van der Waals surface area (Å²) >= 11 is 0. The maximum Gasteiger partial charge on any atom is 0.0710 e. The van der Waals surface area contributed by atoms with Crippen molar-refractivity contribution in [1.29, 1.82) is 0 Å². The Morgan fingerprint density at radius 3 is 3.05 bits per heavy atom. The SMILES string of the molecule is OC[C@H]1C=C[C@@H](NCc2cn[nH]c2-c2cccnc2)C1. The smallest absolute Gasteiger partial charge is 0.0710 e. The highest BCUT2D eigenvalue weighted by molar-refractivity contribution is 5.61. The molecule has 0 saturated carbocycles. The lowest BCUT2D eigenvalue weighted by Crippen LogP contribution is -2.26. The van der Waals surface area contributed by atoms with E-state index in [2.05, 4.69) is 32.7 Å². The fraction of sp³-hybridized carbons (Fsp3) is 0.333. The van der Waals surface area contributed by atoms with Gasteiger partial charge in [0.05, 0.1) is 11.9 Å². The van der Waals surface area contributed by atoms with Crippen LogP contribution in [0.15, 0.2) is 42.9 Å². The lowest BCUT2D eigenvalue weighted by Gasteiger charge is -2.12. The lowest BCUT2D eigenvalue weighted by atomic mass is 10.1. The van der Waals surface area contributed by atoms with E-state index in [1.807, 2.05) is 24.5 Å². The van der Waals surface area contributed by atoms with Crippen LogP contribution in [-0.2, 0) is 6.54 Å². The highest BCUT2D eigenvalue weighted by atomic mass is 16.3. The quantitative estimate of drug-likeness (QED) is 0.720. The molecule has 0 fully saturated rings. The Kier molecular flexibility index (Phi) is 3.90. The van der Waals surface area contributed by atoms with Gasteiger partial charge < -0.3 is 10.4 Å². The molecule has 2 heterocycles. The fourth-order valence-corrected chi connectivity index (χ4v) is 2.51. The molecule has 0 saturated heterocycles. The minimum Gasteiger partial charge on any atom is -0.396 e. The molecule has 5 nitrogen and oxygen atoms in total. The van der Waals surface area contributed by atoms with E-state index in [1.165, 1.54) is 0 Å². The molecule has 0 spiro atoms. The minimum absolute atomic E-state index is 0.224. The summed E-state index contributed by atoms with van der Waals surface area (Å²) in [5, 5.41) is 19.8. The second kappa shape index (κ2) is 5.98. The number of nitrogens with one attached hydrogen (secondary N) is 2. The number of aliphatic hydroxyl groups excluding tert-OH is 1. The molecule has 0 aromatic carbocycles. The first-order valence-electron chi connectivity index (χ1n) is 6.82. The highest BCUT2D eigenvalue weighted by Crippen LogP contribution is 2.21. The number of aromatic nitrogens is 3. The molecule has 0 unspecified atom stereocenters. The maximum absolute atomic E-state index is 9.13. The molecule has 2 aromatic heterocycles. The fourth-order valence-electron chi connectivity index (χ4n) is 2.51. The molecular weight excluding hydrogens is 252 g/mol. The van der Waals surface area contributed by atoms with Crippen molar-refractivity contribution in [2.75, 3.05) is 6.61 Å². The lowest BCUT2D eigenvalue weighted by molar-refractivity contribution is 0.246. The number of pyridine rings is 1. The average molecular weight is 270 g/mol. The third-order valence-corrected chi connectivity index (χ3v) is 3.63. The second-order valence-corrected chi connectivity index (χ2v) is 5.06. The standard InChI is InChI=1S/C15H18N4O/c20-10-11-3-4-14(6-11)17-8-13-9-18-19-15(13)12-2-1-5-16-7-12/h1-5,7,9,11,14,17,20H,6,8,10H2,(H,18,19)/t11-,14+/m0/s1. The Bertz CT molecular complexity index is 579. The van der Waals surface area contributed by atoms with Gasteiger partial charge in [0.15, 0.2) is 0 Å². The van der Waals surface area contributed by atoms with Crippen molar-refractivity contribution in [3.63, 3.8) is 0 Å². The molecule has 104 valence electrons. The summed E-state index contributed by atoms with van der Waals surface area (Å²) in [6.45, 7) is 0.967. The van der Waals surface area contributed by atoms with Gasteiger partial charge >= 0.3 is 0 Å². The number of hydrogen-bond donors (Lipinski definition) is 3. The third-order valence-electron chi connectivity index (χ3n) is 3.63. The summed E-state index contributed by atoms with van der Waals surface area (Å²) in [6, 6.07) is 4.25. The van der Waals surface area contributed by atoms with Crippen molar-refractivity contribution >= 4 is 0 Å². The Morgan fingerprint density at radius 1 is 1.35 bits per heavy atom. The second-order valence-electron chi connectivity index (χ2n) is 5.06. The van der Waals surface area contributed by atoms with Gasteiger partial charge in [0.25, 0.3) is 0 Å². The molecule has 0 radical (unpaired) electrons. The van der Waals surface area contributed by atoms with Crippen LogP contribution >= 0.6 is 0 Å². The zero-order chi connectivity index (χ0) is 13.8. The predicted molar refractivity (Wildman–Crippen MR) is 76.8 cm³/mol. The summed E-state index contributed by atoms with van der Waals surface area (Å²) in [5.74, 6) is 0.287. The number of H-pyrrole nitrogens is 1. The van der Waals surface area contributed by atoms with Crippen LogP contribution < -0.4 is 5.32 Å². The normalized spacial score (nSPS) is 21.4. The van der Waals surface area contributed by atoms with E-state index in [0.29, 0.717) is 6.04 Å². The molecule has 1 aliphatic carbocycles. The molecule has 3 N–H and O–H groups in total. The number of aromatic amines is 1. The zero-order valence-corrected chi connectivity index (χ0v) is 11.2. The average Bonchev–Trinajstić information content (AvgIpc) is 3.15. The van der Waals surface area contributed by atoms with E-state index in [-0.39, 0.29) is 12.5 Å². The van der Waals surface area contributed by atoms with Gasteiger partial charge in [0, 0.05) is 48.6 Å². The van der Waals surface area contributed by atoms with Crippen molar-refractivity contribution in [1.82, 2.24) is 20.5 Å². The Labute approximate surface area is 117 Å². The first-order chi connectivity index (χ1) is 9.86. The molecule has 3 rings (SSSR count). The molecule has 2 aromatic rings. The van der Waals surface area contributed by atoms with Crippen LogP contribution in [0.25, 0.3) is 11.3 Å². The van der Waals surface area contributed by atoms with Crippen LogP contribution in [0.4, 0.5) is 0 Å². The molecular formula is C15H18N4O. The molecule has 0 bridgehead atoms. The van der Waals surface area contributed by atoms with Crippen molar-refractivity contribution in [3.05, 3.63) is 48.4 Å². The molecule has 20 heavy (non-hydrogen) atoms. The first-order valence-corrected chi connectivity index (χ1v) is 6.82. The van der Waals surface area contributed by atoms with Crippen LogP contribution in [-0.4, -0.2) is 32.9 Å². The van der Waals surface area contributed by atoms with Gasteiger partial charge in [-0.3, -0.25) is 10.1 Å². The number of aliphatic hydroxyl groups is 1. The van der Waals surface area contributed by atoms with Gasteiger partial charge in [0.1, 0.15) is 0 Å². The maximum atomic E-state index is 9.13. The molecule has 1 aliphatic rings. The molecule has 0 amide bonds. The monoisotopic (exact) mass is 270 g/mol. The van der Waals surface area contributed by atoms with Gasteiger partial charge in [0.2, 0.25) is 0 Å². The van der Waals surface area contributed by atoms with Gasteiger partial charge in [-0.2, -0.15) is 5.10 Å². The summed E-state index contributed by atoms with van der Waals surface area (Å²) in [7, 11) is 0. The number of rotatable bonds is 5. The highest BCUT2D eigenvalue weighted by Gasteiger charge is 2.18. The first kappa shape index (κ1) is 13.0. The predicted octanol–water partition coefficient (Wildman–Crippen LogP) is 1.50. The van der Waals surface area contributed by atoms with Crippen molar-refractivity contribution in [2.24, 2.45) is 5.92 Å². The van der Waals surface area contributed by atoms with Crippen LogP contribution in [0.2, 0.25) is 0 Å². The van der Waals surface area contributed by atoms with Crippen LogP contribution in [0.1, 0.15) is 12.0 Å². The summed E-state index contributed by atoms with van der Waals surface area (Å²) < 4.78 is 0. The van der Waals surface area contributed by atoms with E-state index < -0.39 is 0 Å². The van der Waals surface area contributed by atoms with Crippen LogP contribution in [0, 0.1) is 5.92 Å². The van der Waals surface area contributed by atoms with Gasteiger partial charge in [-0.15, -0.1) is 0 Å². The van der Waals surface area contributed by atoms with Crippen molar-refractivity contribution < 1.29 is 5.11 Å². The van der Waals surface area contributed by atoms with Crippen molar-refractivity contribution in [3.8, 4) is 11.3 Å². The van der Waals surface area contributed by atoms with E-state index >= 15 is 0 Å².